The molecule has 1 aliphatic carbocycles. The zero-order chi connectivity index (χ0) is 17.0. The van der Waals surface area contributed by atoms with E-state index < -0.39 is 0 Å². The summed E-state index contributed by atoms with van der Waals surface area (Å²) in [7, 11) is 0. The number of rotatable bonds is 6. The molecular formula is C18H30N2O3. The highest BCUT2D eigenvalue weighted by Crippen LogP contribution is 2.40. The number of amides is 3. The first kappa shape index (κ1) is 18.0. The first-order valence-electron chi connectivity index (χ1n) is 8.96. The van der Waals surface area contributed by atoms with Crippen LogP contribution in [0.4, 0.5) is 0 Å². The largest absolute Gasteiger partial charge is 0.353 e. The molecule has 0 unspecified atom stereocenters. The molecule has 3 amide bonds. The van der Waals surface area contributed by atoms with Crippen molar-refractivity contribution in [3.63, 3.8) is 0 Å². The summed E-state index contributed by atoms with van der Waals surface area (Å²) < 4.78 is 0. The topological polar surface area (TPSA) is 66.5 Å². The van der Waals surface area contributed by atoms with E-state index in [0.29, 0.717) is 5.41 Å². The minimum absolute atomic E-state index is 0.0456. The second-order valence-electron chi connectivity index (χ2n) is 7.65. The zero-order valence-corrected chi connectivity index (χ0v) is 14.7. The van der Waals surface area contributed by atoms with E-state index in [1.54, 1.807) is 0 Å². The molecule has 2 aliphatic rings. The molecule has 0 spiro atoms. The maximum atomic E-state index is 12.1. The van der Waals surface area contributed by atoms with Crippen molar-refractivity contribution in [1.82, 2.24) is 10.2 Å². The third kappa shape index (κ3) is 4.55. The minimum Gasteiger partial charge on any atom is -0.353 e. The fraction of sp³-hybridized carbons (Fsp3) is 0.833. The predicted molar refractivity (Wildman–Crippen MR) is 88.5 cm³/mol. The Morgan fingerprint density at radius 2 is 1.70 bits per heavy atom. The molecule has 0 radical (unpaired) electrons. The van der Waals surface area contributed by atoms with Gasteiger partial charge in [-0.25, -0.2) is 0 Å². The van der Waals surface area contributed by atoms with Crippen LogP contribution in [0.2, 0.25) is 0 Å². The minimum atomic E-state index is -0.148. The normalized spacial score (nSPS) is 25.8. The number of nitrogens with one attached hydrogen (secondary N) is 1. The number of carbonyl (C=O) groups is 3. The first-order valence-corrected chi connectivity index (χ1v) is 8.96. The highest BCUT2D eigenvalue weighted by Gasteiger charge is 2.32. The molecule has 2 rings (SSSR count). The highest BCUT2D eigenvalue weighted by atomic mass is 16.2. The van der Waals surface area contributed by atoms with Gasteiger partial charge in [-0.1, -0.05) is 27.2 Å². The van der Waals surface area contributed by atoms with E-state index in [0.717, 1.165) is 31.6 Å². The molecule has 0 aromatic carbocycles. The van der Waals surface area contributed by atoms with Crippen LogP contribution in [0.15, 0.2) is 0 Å². The summed E-state index contributed by atoms with van der Waals surface area (Å²) in [5.41, 5.74) is 0.380. The number of nitrogens with zero attached hydrogens (tertiary/aromatic N) is 1. The number of carbonyl (C=O) groups excluding carboxylic acids is 3. The van der Waals surface area contributed by atoms with E-state index in [1.165, 1.54) is 11.3 Å². The fourth-order valence-electron chi connectivity index (χ4n) is 3.69. The van der Waals surface area contributed by atoms with E-state index in [4.69, 9.17) is 0 Å². The Morgan fingerprint density at radius 3 is 2.22 bits per heavy atom. The van der Waals surface area contributed by atoms with Crippen molar-refractivity contribution >= 4 is 17.7 Å². The molecule has 2 fully saturated rings. The lowest BCUT2D eigenvalue weighted by molar-refractivity contribution is -0.138. The molecule has 5 heteroatoms. The molecular weight excluding hydrogens is 292 g/mol. The van der Waals surface area contributed by atoms with Gasteiger partial charge in [0.2, 0.25) is 17.7 Å². The summed E-state index contributed by atoms with van der Waals surface area (Å²) in [6, 6.07) is 0.247. The number of hydrogen-bond acceptors (Lipinski definition) is 3. The van der Waals surface area contributed by atoms with Crippen LogP contribution in [0.25, 0.3) is 0 Å². The van der Waals surface area contributed by atoms with Gasteiger partial charge in [-0.05, 0) is 37.0 Å². The smallest absolute Gasteiger partial charge is 0.229 e. The van der Waals surface area contributed by atoms with Gasteiger partial charge in [0.15, 0.2) is 0 Å². The van der Waals surface area contributed by atoms with Crippen LogP contribution in [0.5, 0.6) is 0 Å². The van der Waals surface area contributed by atoms with Crippen LogP contribution in [0.3, 0.4) is 0 Å². The summed E-state index contributed by atoms with van der Waals surface area (Å²) in [4.78, 5) is 36.3. The van der Waals surface area contributed by atoms with Crippen molar-refractivity contribution in [2.45, 2.75) is 78.2 Å². The van der Waals surface area contributed by atoms with Gasteiger partial charge in [-0.15, -0.1) is 0 Å². The molecule has 1 saturated carbocycles. The van der Waals surface area contributed by atoms with Crippen molar-refractivity contribution < 1.29 is 14.4 Å². The van der Waals surface area contributed by atoms with Crippen LogP contribution in [-0.4, -0.2) is 35.2 Å². The van der Waals surface area contributed by atoms with E-state index >= 15 is 0 Å². The summed E-state index contributed by atoms with van der Waals surface area (Å²) >= 11 is 0. The highest BCUT2D eigenvalue weighted by molar-refractivity contribution is 6.02. The average Bonchev–Trinajstić information content (AvgIpc) is 2.84. The Kier molecular flexibility index (Phi) is 5.82. The molecule has 1 N–H and O–H groups in total. The average molecular weight is 322 g/mol. The zero-order valence-electron chi connectivity index (χ0n) is 14.7. The lowest BCUT2D eigenvalue weighted by atomic mass is 9.69. The van der Waals surface area contributed by atoms with Crippen LogP contribution in [-0.2, 0) is 14.4 Å². The van der Waals surface area contributed by atoms with Crippen molar-refractivity contribution in [3.05, 3.63) is 0 Å². The van der Waals surface area contributed by atoms with Crippen molar-refractivity contribution in [3.8, 4) is 0 Å². The third-order valence-corrected chi connectivity index (χ3v) is 5.83. The summed E-state index contributed by atoms with van der Waals surface area (Å²) in [6.45, 7) is 7.14. The van der Waals surface area contributed by atoms with Crippen LogP contribution < -0.4 is 5.32 Å². The van der Waals surface area contributed by atoms with Crippen LogP contribution in [0.1, 0.15) is 72.1 Å². The van der Waals surface area contributed by atoms with Gasteiger partial charge < -0.3 is 5.32 Å². The maximum absolute atomic E-state index is 12.1. The SMILES string of the molecule is CCC(C)(C)C1CCC(NC(=O)CCN2C(=O)CCC2=O)CC1. The van der Waals surface area contributed by atoms with E-state index in [2.05, 4.69) is 26.1 Å². The van der Waals surface area contributed by atoms with E-state index in [9.17, 15) is 14.4 Å². The summed E-state index contributed by atoms with van der Waals surface area (Å²) in [5, 5.41) is 3.07. The van der Waals surface area contributed by atoms with Crippen molar-refractivity contribution in [2.24, 2.45) is 11.3 Å². The van der Waals surface area contributed by atoms with Gasteiger partial charge >= 0.3 is 0 Å². The van der Waals surface area contributed by atoms with Crippen molar-refractivity contribution in [2.75, 3.05) is 6.54 Å². The first-order chi connectivity index (χ1) is 10.8. The standard InChI is InChI=1S/C18H30N2O3/c1-4-18(2,3)13-5-7-14(8-6-13)19-15(21)11-12-20-16(22)9-10-17(20)23/h13-14H,4-12H2,1-3H3,(H,19,21). The van der Waals surface area contributed by atoms with Gasteiger partial charge in [0.05, 0.1) is 0 Å². The predicted octanol–water partition coefficient (Wildman–Crippen LogP) is 2.64. The van der Waals surface area contributed by atoms with E-state index in [1.807, 2.05) is 0 Å². The van der Waals surface area contributed by atoms with Gasteiger partial charge in [0.1, 0.15) is 0 Å². The monoisotopic (exact) mass is 322 g/mol. The van der Waals surface area contributed by atoms with Crippen LogP contribution in [0, 0.1) is 11.3 Å². The molecule has 1 aliphatic heterocycles. The number of imide groups is 1. The number of likely N-dealkylation sites (tertiary alicyclic amines) is 1. The Balaban J connectivity index is 1.71. The molecule has 0 atom stereocenters. The van der Waals surface area contributed by atoms with Crippen LogP contribution >= 0.6 is 0 Å². The fourth-order valence-corrected chi connectivity index (χ4v) is 3.69. The van der Waals surface area contributed by atoms with Gasteiger partial charge in [0.25, 0.3) is 0 Å². The Morgan fingerprint density at radius 1 is 1.13 bits per heavy atom. The number of hydrogen-bond donors (Lipinski definition) is 1. The molecule has 1 heterocycles. The summed E-state index contributed by atoms with van der Waals surface area (Å²) in [5.74, 6) is 0.395. The molecule has 0 aromatic heterocycles. The molecule has 1 saturated heterocycles. The van der Waals surface area contributed by atoms with E-state index in [-0.39, 0.29) is 49.6 Å². The third-order valence-electron chi connectivity index (χ3n) is 5.83. The van der Waals surface area contributed by atoms with Crippen molar-refractivity contribution in [1.29, 1.82) is 0 Å². The molecule has 23 heavy (non-hydrogen) atoms. The van der Waals surface area contributed by atoms with Gasteiger partial charge in [0, 0.05) is 31.8 Å². The lowest BCUT2D eigenvalue weighted by Crippen LogP contribution is -2.41. The summed E-state index contributed by atoms with van der Waals surface area (Å²) in [6.07, 6.45) is 6.37. The van der Waals surface area contributed by atoms with Gasteiger partial charge in [-0.2, -0.15) is 0 Å². The molecule has 130 valence electrons. The Labute approximate surface area is 139 Å². The molecule has 0 aromatic rings. The Bertz CT molecular complexity index is 449. The lowest BCUT2D eigenvalue weighted by Gasteiger charge is -2.39. The quantitative estimate of drug-likeness (QED) is 0.765. The second-order valence-corrected chi connectivity index (χ2v) is 7.65. The second kappa shape index (κ2) is 7.45. The molecule has 5 nitrogen and oxygen atoms in total. The Hall–Kier alpha value is -1.39. The van der Waals surface area contributed by atoms with Gasteiger partial charge in [-0.3, -0.25) is 19.3 Å². The molecule has 0 bridgehead atoms. The maximum Gasteiger partial charge on any atom is 0.229 e.